The largest absolute Gasteiger partial charge is 0.479 e. The maximum atomic E-state index is 12.9. The van der Waals surface area contributed by atoms with Crippen LogP contribution in [0, 0.1) is 0 Å². The van der Waals surface area contributed by atoms with E-state index < -0.39 is 12.2 Å². The fraction of sp³-hybridized carbons (Fsp3) is 0.200. The predicted molar refractivity (Wildman–Crippen MR) is 122 cm³/mol. The van der Waals surface area contributed by atoms with Crippen molar-refractivity contribution in [2.75, 3.05) is 11.9 Å². The summed E-state index contributed by atoms with van der Waals surface area (Å²) in [5.41, 5.74) is 4.93. The Morgan fingerprint density at radius 3 is 2.62 bits per heavy atom. The van der Waals surface area contributed by atoms with E-state index in [0.717, 1.165) is 22.4 Å². The Labute approximate surface area is 190 Å². The van der Waals surface area contributed by atoms with Gasteiger partial charge in [-0.3, -0.25) is 9.78 Å². The molecule has 6 nitrogen and oxygen atoms in total. The first-order valence-corrected chi connectivity index (χ1v) is 10.8. The van der Waals surface area contributed by atoms with Crippen LogP contribution in [0.2, 0.25) is 5.02 Å². The molecule has 3 N–H and O–H groups in total. The highest BCUT2D eigenvalue weighted by molar-refractivity contribution is 6.37. The van der Waals surface area contributed by atoms with Crippen LogP contribution in [-0.2, 0) is 16.0 Å². The predicted octanol–water partition coefficient (Wildman–Crippen LogP) is 3.96. The third-order valence-corrected chi connectivity index (χ3v) is 6.22. The van der Waals surface area contributed by atoms with Gasteiger partial charge in [0.25, 0.3) is 5.91 Å². The van der Waals surface area contributed by atoms with Gasteiger partial charge in [0.15, 0.2) is 6.10 Å². The van der Waals surface area contributed by atoms with E-state index >= 15 is 0 Å². The number of benzene rings is 2. The van der Waals surface area contributed by atoms with E-state index in [1.807, 2.05) is 54.6 Å². The van der Waals surface area contributed by atoms with Crippen LogP contribution in [0.4, 0.5) is 5.69 Å². The molecular weight excluding hydrogens is 428 g/mol. The fourth-order valence-electron chi connectivity index (χ4n) is 4.19. The number of nitrogens with zero attached hydrogens (tertiary/aromatic N) is 1. The quantitative estimate of drug-likeness (QED) is 0.514. The zero-order valence-corrected chi connectivity index (χ0v) is 17.8. The molecule has 2 aliphatic rings. The van der Waals surface area contributed by atoms with Gasteiger partial charge in [0.2, 0.25) is 0 Å². The van der Waals surface area contributed by atoms with Crippen molar-refractivity contribution >= 4 is 34.5 Å². The number of pyridine rings is 1. The molecule has 32 heavy (non-hydrogen) atoms. The Morgan fingerprint density at radius 1 is 1.09 bits per heavy atom. The third-order valence-electron chi connectivity index (χ3n) is 5.80. The van der Waals surface area contributed by atoms with Crippen molar-refractivity contribution in [3.05, 3.63) is 93.8 Å². The Balaban J connectivity index is 1.67. The van der Waals surface area contributed by atoms with Gasteiger partial charge in [-0.1, -0.05) is 60.1 Å². The minimum absolute atomic E-state index is 0.230. The van der Waals surface area contributed by atoms with Gasteiger partial charge >= 0.3 is 0 Å². The number of nitrogens with one attached hydrogen (secondary N) is 1. The van der Waals surface area contributed by atoms with Gasteiger partial charge in [-0.05, 0) is 24.5 Å². The number of carbonyl (C=O) groups excluding carboxylic acids is 1. The lowest BCUT2D eigenvalue weighted by molar-refractivity contribution is -0.110. The van der Waals surface area contributed by atoms with Gasteiger partial charge in [-0.25, -0.2) is 0 Å². The molecule has 3 heterocycles. The topological polar surface area (TPSA) is 91.7 Å². The number of ether oxygens (including phenoxy) is 1. The maximum Gasteiger partial charge on any atom is 0.260 e. The molecular formula is C25H21ClN2O4. The second kappa shape index (κ2) is 8.39. The van der Waals surface area contributed by atoms with Crippen molar-refractivity contribution in [1.82, 2.24) is 4.98 Å². The molecule has 0 aliphatic carbocycles. The summed E-state index contributed by atoms with van der Waals surface area (Å²) in [4.78, 5) is 17.4. The number of aromatic nitrogens is 1. The van der Waals surface area contributed by atoms with Gasteiger partial charge in [0.05, 0.1) is 29.0 Å². The number of aliphatic hydroxyl groups is 2. The first kappa shape index (κ1) is 20.7. The lowest BCUT2D eigenvalue weighted by atomic mass is 9.96. The molecule has 1 aromatic heterocycles. The van der Waals surface area contributed by atoms with Crippen molar-refractivity contribution in [3.8, 4) is 0 Å². The molecule has 2 unspecified atom stereocenters. The molecule has 0 saturated carbocycles. The summed E-state index contributed by atoms with van der Waals surface area (Å²) < 4.78 is 6.42. The summed E-state index contributed by atoms with van der Waals surface area (Å²) in [6.07, 6.45) is 1.10. The molecule has 0 spiro atoms. The van der Waals surface area contributed by atoms with Crippen LogP contribution in [0.25, 0.3) is 11.3 Å². The summed E-state index contributed by atoms with van der Waals surface area (Å²) in [5, 5.41) is 22.2. The first-order chi connectivity index (χ1) is 15.6. The van der Waals surface area contributed by atoms with Gasteiger partial charge in [0.1, 0.15) is 5.76 Å². The van der Waals surface area contributed by atoms with E-state index in [2.05, 4.69) is 10.3 Å². The molecule has 0 radical (unpaired) electrons. The van der Waals surface area contributed by atoms with E-state index in [0.29, 0.717) is 40.5 Å². The monoisotopic (exact) mass is 448 g/mol. The molecule has 2 atom stereocenters. The standard InChI is InChI=1S/C25H21ClN2O4/c26-22-19(11-10-15(30)13-29)27-12-17-20(22)23(14-6-2-1-3-7-14)32-24(17)21-16-8-4-5-9-18(16)28-25(21)31/h1-9,12,15,23,29-30H,10-11,13H2,(H,28,31)/b24-21+. The molecule has 0 saturated heterocycles. The molecule has 2 aromatic carbocycles. The Morgan fingerprint density at radius 2 is 1.84 bits per heavy atom. The number of para-hydroxylation sites is 1. The normalized spacial score (nSPS) is 19.8. The van der Waals surface area contributed by atoms with Crippen LogP contribution in [0.15, 0.2) is 60.8 Å². The Bertz CT molecular complexity index is 1230. The van der Waals surface area contributed by atoms with E-state index in [-0.39, 0.29) is 12.5 Å². The average molecular weight is 449 g/mol. The highest BCUT2D eigenvalue weighted by atomic mass is 35.5. The van der Waals surface area contributed by atoms with E-state index in [1.54, 1.807) is 6.20 Å². The average Bonchev–Trinajstić information content (AvgIpc) is 3.36. The molecule has 3 aromatic rings. The van der Waals surface area contributed by atoms with Gasteiger partial charge in [-0.2, -0.15) is 0 Å². The maximum absolute atomic E-state index is 12.9. The number of anilines is 1. The van der Waals surface area contributed by atoms with Crippen molar-refractivity contribution in [2.45, 2.75) is 25.0 Å². The van der Waals surface area contributed by atoms with Gasteiger partial charge < -0.3 is 20.3 Å². The van der Waals surface area contributed by atoms with E-state index in [4.69, 9.17) is 21.4 Å². The molecule has 2 aliphatic heterocycles. The summed E-state index contributed by atoms with van der Waals surface area (Å²) >= 11 is 6.82. The zero-order chi connectivity index (χ0) is 22.2. The summed E-state index contributed by atoms with van der Waals surface area (Å²) in [6.45, 7) is -0.316. The van der Waals surface area contributed by atoms with Crippen LogP contribution in [0.1, 0.15) is 40.5 Å². The highest BCUT2D eigenvalue weighted by Crippen LogP contribution is 2.50. The smallest absolute Gasteiger partial charge is 0.260 e. The van der Waals surface area contributed by atoms with Crippen molar-refractivity contribution in [3.63, 3.8) is 0 Å². The molecule has 162 valence electrons. The van der Waals surface area contributed by atoms with Crippen LogP contribution in [0.3, 0.4) is 0 Å². The number of rotatable bonds is 5. The Kier molecular flexibility index (Phi) is 5.43. The van der Waals surface area contributed by atoms with Crippen molar-refractivity contribution in [2.24, 2.45) is 0 Å². The van der Waals surface area contributed by atoms with E-state index in [1.165, 1.54) is 0 Å². The van der Waals surface area contributed by atoms with Crippen LogP contribution >= 0.6 is 11.6 Å². The van der Waals surface area contributed by atoms with Crippen LogP contribution in [0.5, 0.6) is 0 Å². The number of fused-ring (bicyclic) bond motifs is 2. The number of hydrogen-bond donors (Lipinski definition) is 3. The number of amides is 1. The third kappa shape index (κ3) is 3.46. The zero-order valence-electron chi connectivity index (χ0n) is 17.1. The van der Waals surface area contributed by atoms with E-state index in [9.17, 15) is 9.90 Å². The molecule has 7 heteroatoms. The van der Waals surface area contributed by atoms with Gasteiger partial charge in [0, 0.05) is 28.6 Å². The van der Waals surface area contributed by atoms with Crippen LogP contribution < -0.4 is 5.32 Å². The molecule has 0 bridgehead atoms. The lowest BCUT2D eigenvalue weighted by Gasteiger charge is -2.15. The SMILES string of the molecule is O=C1Nc2ccccc2/C1=C1\OC(c2ccccc2)c2c1cnc(CCC(O)CO)c2Cl. The van der Waals surface area contributed by atoms with Gasteiger partial charge in [-0.15, -0.1) is 0 Å². The minimum Gasteiger partial charge on any atom is -0.479 e. The van der Waals surface area contributed by atoms with Crippen molar-refractivity contribution < 1.29 is 19.7 Å². The molecule has 5 rings (SSSR count). The summed E-state index contributed by atoms with van der Waals surface area (Å²) in [7, 11) is 0. The lowest BCUT2D eigenvalue weighted by Crippen LogP contribution is -2.13. The number of aryl methyl sites for hydroxylation is 1. The highest BCUT2D eigenvalue weighted by Gasteiger charge is 2.39. The summed E-state index contributed by atoms with van der Waals surface area (Å²) in [6, 6.07) is 17.2. The van der Waals surface area contributed by atoms with Crippen LogP contribution in [-0.4, -0.2) is 33.8 Å². The minimum atomic E-state index is -0.835. The summed E-state index contributed by atoms with van der Waals surface area (Å²) in [5.74, 6) is 0.222. The fourth-order valence-corrected chi connectivity index (χ4v) is 4.53. The number of carbonyl (C=O) groups is 1. The number of aliphatic hydroxyl groups excluding tert-OH is 2. The Hall–Kier alpha value is -3.19. The van der Waals surface area contributed by atoms with Crippen molar-refractivity contribution in [1.29, 1.82) is 0 Å². The second-order valence-corrected chi connectivity index (χ2v) is 8.21. The second-order valence-electron chi connectivity index (χ2n) is 7.83. The molecule has 1 amide bonds. The number of hydrogen-bond acceptors (Lipinski definition) is 5. The first-order valence-electron chi connectivity index (χ1n) is 10.4. The molecule has 0 fully saturated rings. The number of halogens is 1.